The number of ether oxygens (including phenoxy) is 1. The fourth-order valence-electron chi connectivity index (χ4n) is 2.92. The average molecular weight is 321 g/mol. The van der Waals surface area contributed by atoms with Crippen molar-refractivity contribution in [2.45, 2.75) is 13.0 Å². The van der Waals surface area contributed by atoms with E-state index in [4.69, 9.17) is 9.72 Å². The first-order valence-corrected chi connectivity index (χ1v) is 7.98. The zero-order valence-electron chi connectivity index (χ0n) is 13.5. The number of aromatic nitrogens is 3. The van der Waals surface area contributed by atoms with Gasteiger partial charge in [0.2, 0.25) is 0 Å². The lowest BCUT2D eigenvalue weighted by molar-refractivity contribution is 0.317. The van der Waals surface area contributed by atoms with Gasteiger partial charge in [0.1, 0.15) is 23.7 Å². The summed E-state index contributed by atoms with van der Waals surface area (Å²) in [6, 6.07) is 8.09. The molecule has 1 aliphatic rings. The molecule has 6 nitrogen and oxygen atoms in total. The summed E-state index contributed by atoms with van der Waals surface area (Å²) in [6.07, 6.45) is 3.61. The summed E-state index contributed by atoms with van der Waals surface area (Å²) in [4.78, 5) is 12.3. The number of hydrogen-bond donors (Lipinski definition) is 3. The van der Waals surface area contributed by atoms with E-state index in [9.17, 15) is 0 Å². The summed E-state index contributed by atoms with van der Waals surface area (Å²) in [5.41, 5.74) is 4.37. The van der Waals surface area contributed by atoms with E-state index >= 15 is 0 Å². The minimum Gasteiger partial charge on any atom is -0.491 e. The van der Waals surface area contributed by atoms with Crippen LogP contribution in [0.25, 0.3) is 16.9 Å². The van der Waals surface area contributed by atoms with Crippen LogP contribution in [0, 0.1) is 0 Å². The summed E-state index contributed by atoms with van der Waals surface area (Å²) in [6.45, 7) is 7.40. The van der Waals surface area contributed by atoms with Crippen LogP contribution in [0.15, 0.2) is 43.2 Å². The van der Waals surface area contributed by atoms with Gasteiger partial charge < -0.3 is 20.4 Å². The zero-order valence-corrected chi connectivity index (χ0v) is 13.5. The molecule has 0 saturated carbocycles. The van der Waals surface area contributed by atoms with Gasteiger partial charge in [-0.3, -0.25) is 0 Å². The number of nitrogens with one attached hydrogen (secondary N) is 3. The Hall–Kier alpha value is -3.02. The molecular formula is C18H19N5O. The number of para-hydroxylation sites is 1. The molecule has 0 aliphatic carbocycles. The molecule has 24 heavy (non-hydrogen) atoms. The van der Waals surface area contributed by atoms with Crippen LogP contribution in [0.5, 0.6) is 5.75 Å². The molecule has 3 aromatic rings. The van der Waals surface area contributed by atoms with E-state index in [1.54, 1.807) is 6.20 Å². The summed E-state index contributed by atoms with van der Waals surface area (Å²) < 4.78 is 5.95. The lowest BCUT2D eigenvalue weighted by atomic mass is 10.1. The zero-order chi connectivity index (χ0) is 16.5. The summed E-state index contributed by atoms with van der Waals surface area (Å²) >= 11 is 0. The number of nitrogens with zero attached hydrogens (tertiary/aromatic N) is 2. The second-order valence-corrected chi connectivity index (χ2v) is 5.81. The third kappa shape index (κ3) is 2.56. The Morgan fingerprint density at radius 1 is 1.29 bits per heavy atom. The minimum absolute atomic E-state index is 0.0484. The number of H-pyrrole nitrogens is 1. The van der Waals surface area contributed by atoms with Crippen molar-refractivity contribution in [1.29, 1.82) is 0 Å². The van der Waals surface area contributed by atoms with Gasteiger partial charge in [0.05, 0.1) is 12.2 Å². The van der Waals surface area contributed by atoms with Crippen molar-refractivity contribution in [2.75, 3.05) is 18.5 Å². The summed E-state index contributed by atoms with van der Waals surface area (Å²) in [5, 5.41) is 6.70. The second kappa shape index (κ2) is 5.88. The maximum atomic E-state index is 5.95. The third-order valence-corrected chi connectivity index (χ3v) is 4.15. The molecule has 1 aliphatic heterocycles. The number of rotatable bonds is 0. The smallest absolute Gasteiger partial charge is 0.156 e. The number of fused-ring (bicyclic) bond motifs is 2. The van der Waals surface area contributed by atoms with Gasteiger partial charge in [0, 0.05) is 29.6 Å². The Balaban J connectivity index is 1.79. The van der Waals surface area contributed by atoms with Crippen molar-refractivity contribution in [1.82, 2.24) is 20.3 Å². The van der Waals surface area contributed by atoms with Gasteiger partial charge in [-0.15, -0.1) is 0 Å². The molecular weight excluding hydrogens is 302 g/mol. The minimum atomic E-state index is 0.0484. The highest BCUT2D eigenvalue weighted by Gasteiger charge is 2.15. The van der Waals surface area contributed by atoms with Crippen molar-refractivity contribution in [3.05, 3.63) is 54.4 Å². The normalized spacial score (nSPS) is 17.7. The highest BCUT2D eigenvalue weighted by molar-refractivity contribution is 5.87. The van der Waals surface area contributed by atoms with Crippen molar-refractivity contribution >= 4 is 22.7 Å². The number of hydrogen-bond acceptors (Lipinski definition) is 5. The summed E-state index contributed by atoms with van der Waals surface area (Å²) in [5.74, 6) is 1.59. The first-order chi connectivity index (χ1) is 11.7. The van der Waals surface area contributed by atoms with Crippen LogP contribution in [0.3, 0.4) is 0 Å². The predicted molar refractivity (Wildman–Crippen MR) is 94.9 cm³/mol. The van der Waals surface area contributed by atoms with E-state index in [1.165, 1.54) is 0 Å². The monoisotopic (exact) mass is 321 g/mol. The van der Waals surface area contributed by atoms with Gasteiger partial charge in [-0.25, -0.2) is 9.97 Å². The third-order valence-electron chi connectivity index (χ3n) is 4.15. The molecule has 122 valence electrons. The molecule has 2 aromatic heterocycles. The average Bonchev–Trinajstić information content (AvgIpc) is 3.01. The molecule has 4 rings (SSSR count). The molecule has 0 spiro atoms. The molecule has 1 aromatic carbocycles. The Morgan fingerprint density at radius 2 is 2.17 bits per heavy atom. The standard InChI is InChI=1S/C18H19N5O/c1-11-14-9-20-18-17(14)23-16(10-21-18)22-12(2)13-5-3-4-6-15(13)24-8-7-19-11/h3-6,9-10,12,19H,1,7-8H2,2H3,(H,20,21)(H,22,23). The topological polar surface area (TPSA) is 74.9 Å². The molecule has 0 amide bonds. The van der Waals surface area contributed by atoms with Crippen molar-refractivity contribution in [3.63, 3.8) is 0 Å². The van der Waals surface area contributed by atoms with Crippen LogP contribution in [0.1, 0.15) is 24.1 Å². The van der Waals surface area contributed by atoms with Crippen LogP contribution in [-0.2, 0) is 0 Å². The van der Waals surface area contributed by atoms with E-state index in [0.717, 1.165) is 39.6 Å². The molecule has 1 atom stereocenters. The van der Waals surface area contributed by atoms with Gasteiger partial charge in [-0.2, -0.15) is 0 Å². The molecule has 3 heterocycles. The number of anilines is 1. The number of benzene rings is 1. The molecule has 1 unspecified atom stereocenters. The maximum Gasteiger partial charge on any atom is 0.156 e. The van der Waals surface area contributed by atoms with Crippen LogP contribution in [0.2, 0.25) is 0 Å². The van der Waals surface area contributed by atoms with E-state index in [1.807, 2.05) is 24.4 Å². The van der Waals surface area contributed by atoms with Gasteiger partial charge in [-0.1, -0.05) is 24.8 Å². The lowest BCUT2D eigenvalue weighted by Gasteiger charge is -2.18. The van der Waals surface area contributed by atoms with E-state index in [2.05, 4.69) is 40.2 Å². The largest absolute Gasteiger partial charge is 0.491 e. The van der Waals surface area contributed by atoms with Crippen LogP contribution >= 0.6 is 0 Å². The predicted octanol–water partition coefficient (Wildman–Crippen LogP) is 3.08. The van der Waals surface area contributed by atoms with Gasteiger partial charge in [-0.05, 0) is 13.0 Å². The fourth-order valence-corrected chi connectivity index (χ4v) is 2.92. The lowest BCUT2D eigenvalue weighted by Crippen LogP contribution is -2.19. The SMILES string of the molecule is C=C1NCCOc2ccccc2C(C)Nc2cnc3[nH]cc1c3n2. The maximum absolute atomic E-state index is 5.95. The molecule has 3 N–H and O–H groups in total. The van der Waals surface area contributed by atoms with Crippen LogP contribution in [0.4, 0.5) is 5.82 Å². The second-order valence-electron chi connectivity index (χ2n) is 5.81. The Kier molecular flexibility index (Phi) is 3.57. The Bertz CT molecular complexity index is 901. The van der Waals surface area contributed by atoms with Crippen molar-refractivity contribution in [2.24, 2.45) is 0 Å². The quantitative estimate of drug-likeness (QED) is 0.593. The Morgan fingerprint density at radius 3 is 3.08 bits per heavy atom. The molecule has 0 radical (unpaired) electrons. The molecule has 6 heteroatoms. The van der Waals surface area contributed by atoms with E-state index < -0.39 is 0 Å². The van der Waals surface area contributed by atoms with Gasteiger partial charge in [0.15, 0.2) is 5.65 Å². The first-order valence-electron chi connectivity index (χ1n) is 7.98. The van der Waals surface area contributed by atoms with Crippen molar-refractivity contribution in [3.8, 4) is 5.75 Å². The molecule has 0 fully saturated rings. The fraction of sp³-hybridized carbons (Fsp3) is 0.222. The van der Waals surface area contributed by atoms with Gasteiger partial charge >= 0.3 is 0 Å². The van der Waals surface area contributed by atoms with Crippen LogP contribution in [-0.4, -0.2) is 28.1 Å². The van der Waals surface area contributed by atoms with Crippen LogP contribution < -0.4 is 15.4 Å². The van der Waals surface area contributed by atoms with E-state index in [0.29, 0.717) is 13.2 Å². The highest BCUT2D eigenvalue weighted by atomic mass is 16.5. The highest BCUT2D eigenvalue weighted by Crippen LogP contribution is 2.28. The van der Waals surface area contributed by atoms with Gasteiger partial charge in [0.25, 0.3) is 0 Å². The molecule has 2 bridgehead atoms. The number of aromatic amines is 1. The first kappa shape index (κ1) is 14.6. The van der Waals surface area contributed by atoms with E-state index in [-0.39, 0.29) is 6.04 Å². The summed E-state index contributed by atoms with van der Waals surface area (Å²) in [7, 11) is 0. The Labute approximate surface area is 140 Å². The van der Waals surface area contributed by atoms with Crippen molar-refractivity contribution < 1.29 is 4.74 Å². The molecule has 0 saturated heterocycles.